The molecule has 0 aliphatic heterocycles. The second-order valence-electron chi connectivity index (χ2n) is 5.48. The summed E-state index contributed by atoms with van der Waals surface area (Å²) in [5, 5.41) is 3.54. The zero-order chi connectivity index (χ0) is 15.6. The van der Waals surface area contributed by atoms with Crippen LogP contribution in [0.5, 0.6) is 0 Å². The second kappa shape index (κ2) is 5.96. The van der Waals surface area contributed by atoms with Gasteiger partial charge in [-0.05, 0) is 31.4 Å². The summed E-state index contributed by atoms with van der Waals surface area (Å²) in [5.74, 6) is 0.409. The molecule has 6 heteroatoms. The molecular weight excluding hydrogens is 310 g/mol. The van der Waals surface area contributed by atoms with E-state index >= 15 is 0 Å². The highest BCUT2D eigenvalue weighted by molar-refractivity contribution is 7.15. The van der Waals surface area contributed by atoms with Crippen LogP contribution in [0.1, 0.15) is 22.7 Å². The molecule has 3 aromatic rings. The molecule has 0 bridgehead atoms. The van der Waals surface area contributed by atoms with Gasteiger partial charge in [0.2, 0.25) is 11.8 Å². The van der Waals surface area contributed by atoms with E-state index in [0.29, 0.717) is 16.7 Å². The topological polar surface area (TPSA) is 68.0 Å². The number of rotatable bonds is 4. The van der Waals surface area contributed by atoms with Crippen LogP contribution in [0.2, 0.25) is 0 Å². The number of anilines is 1. The summed E-state index contributed by atoms with van der Waals surface area (Å²) in [6, 6.07) is 9.63. The summed E-state index contributed by atoms with van der Waals surface area (Å²) in [4.78, 5) is 22.3. The van der Waals surface area contributed by atoms with Gasteiger partial charge in [0.25, 0.3) is 0 Å². The zero-order valence-electron chi connectivity index (χ0n) is 12.4. The summed E-state index contributed by atoms with van der Waals surface area (Å²) in [5.41, 5.74) is 2.65. The molecule has 1 aliphatic rings. The summed E-state index contributed by atoms with van der Waals surface area (Å²) >= 11 is 1.58. The van der Waals surface area contributed by atoms with E-state index in [-0.39, 0.29) is 12.3 Å². The van der Waals surface area contributed by atoms with Crippen LogP contribution in [0, 0.1) is 0 Å². The van der Waals surface area contributed by atoms with Crippen molar-refractivity contribution >= 4 is 22.4 Å². The number of nitrogens with one attached hydrogen (secondary N) is 1. The summed E-state index contributed by atoms with van der Waals surface area (Å²) < 4.78 is 5.45. The maximum Gasteiger partial charge on any atom is 0.232 e. The van der Waals surface area contributed by atoms with E-state index in [1.165, 1.54) is 17.6 Å². The zero-order valence-corrected chi connectivity index (χ0v) is 13.2. The number of amides is 1. The lowest BCUT2D eigenvalue weighted by Gasteiger charge is -1.99. The van der Waals surface area contributed by atoms with Crippen molar-refractivity contribution in [2.45, 2.75) is 25.7 Å². The van der Waals surface area contributed by atoms with Gasteiger partial charge in [0.1, 0.15) is 6.26 Å². The van der Waals surface area contributed by atoms with Gasteiger partial charge in [-0.3, -0.25) is 4.79 Å². The number of hydrogen-bond donors (Lipinski definition) is 1. The number of carbonyl (C=O) groups excluding carboxylic acids is 1. The first-order valence-electron chi connectivity index (χ1n) is 7.56. The molecule has 0 fully saturated rings. The molecule has 0 unspecified atom stereocenters. The highest BCUT2D eigenvalue weighted by Crippen LogP contribution is 2.30. The third-order valence-electron chi connectivity index (χ3n) is 3.76. The molecule has 0 saturated heterocycles. The summed E-state index contributed by atoms with van der Waals surface area (Å²) in [6.07, 6.45) is 4.98. The average molecular weight is 325 g/mol. The van der Waals surface area contributed by atoms with Gasteiger partial charge in [-0.25, -0.2) is 9.97 Å². The van der Waals surface area contributed by atoms with Crippen LogP contribution in [-0.4, -0.2) is 15.9 Å². The van der Waals surface area contributed by atoms with Crippen LogP contribution < -0.4 is 5.32 Å². The number of fused-ring (bicyclic) bond motifs is 1. The second-order valence-corrected chi connectivity index (χ2v) is 6.56. The smallest absolute Gasteiger partial charge is 0.232 e. The highest BCUT2D eigenvalue weighted by Gasteiger charge is 2.18. The van der Waals surface area contributed by atoms with Crippen LogP contribution >= 0.6 is 11.3 Å². The van der Waals surface area contributed by atoms with Crippen molar-refractivity contribution in [2.24, 2.45) is 0 Å². The van der Waals surface area contributed by atoms with E-state index in [1.54, 1.807) is 11.3 Å². The van der Waals surface area contributed by atoms with Crippen molar-refractivity contribution in [1.82, 2.24) is 9.97 Å². The Balaban J connectivity index is 1.41. The molecule has 4 rings (SSSR count). The number of thiazole rings is 1. The minimum absolute atomic E-state index is 0.120. The van der Waals surface area contributed by atoms with Gasteiger partial charge in [0.05, 0.1) is 17.8 Å². The molecule has 116 valence electrons. The van der Waals surface area contributed by atoms with Crippen LogP contribution in [0.15, 0.2) is 41.0 Å². The maximum atomic E-state index is 12.1. The molecule has 2 aromatic heterocycles. The predicted octanol–water partition coefficient (Wildman–Crippen LogP) is 3.47. The molecule has 0 atom stereocenters. The van der Waals surface area contributed by atoms with Crippen LogP contribution in [-0.2, 0) is 24.1 Å². The molecule has 2 heterocycles. The predicted molar refractivity (Wildman–Crippen MR) is 88.4 cm³/mol. The average Bonchev–Trinajstić information content (AvgIpc) is 3.24. The molecule has 0 radical (unpaired) electrons. The first kappa shape index (κ1) is 14.1. The molecule has 0 saturated carbocycles. The Kier molecular flexibility index (Phi) is 3.67. The number of oxazole rings is 1. The van der Waals surface area contributed by atoms with E-state index in [0.717, 1.165) is 24.1 Å². The first-order valence-corrected chi connectivity index (χ1v) is 8.38. The summed E-state index contributed by atoms with van der Waals surface area (Å²) in [7, 11) is 0. The molecule has 5 nitrogen and oxygen atoms in total. The monoisotopic (exact) mass is 325 g/mol. The van der Waals surface area contributed by atoms with Crippen LogP contribution in [0.4, 0.5) is 5.13 Å². The third-order valence-corrected chi connectivity index (χ3v) is 4.83. The lowest BCUT2D eigenvalue weighted by atomic mass is 10.2. The molecule has 23 heavy (non-hydrogen) atoms. The molecule has 1 aromatic carbocycles. The van der Waals surface area contributed by atoms with Crippen molar-refractivity contribution < 1.29 is 9.21 Å². The van der Waals surface area contributed by atoms with Crippen molar-refractivity contribution in [3.63, 3.8) is 0 Å². The van der Waals surface area contributed by atoms with Gasteiger partial charge in [-0.15, -0.1) is 11.3 Å². The number of hydrogen-bond acceptors (Lipinski definition) is 5. The number of nitrogens with zero attached hydrogens (tertiary/aromatic N) is 2. The molecule has 0 spiro atoms. The van der Waals surface area contributed by atoms with Gasteiger partial charge < -0.3 is 9.73 Å². The fourth-order valence-corrected chi connectivity index (χ4v) is 3.74. The number of aromatic nitrogens is 2. The van der Waals surface area contributed by atoms with E-state index < -0.39 is 0 Å². The third kappa shape index (κ3) is 3.03. The van der Waals surface area contributed by atoms with Gasteiger partial charge in [0, 0.05) is 10.4 Å². The molecule has 1 aliphatic carbocycles. The van der Waals surface area contributed by atoms with Gasteiger partial charge in [-0.1, -0.05) is 18.2 Å². The SMILES string of the molecule is O=C(Cc1coc(-c2ccccc2)n1)Nc1nc2c(s1)CCC2. The minimum Gasteiger partial charge on any atom is -0.444 e. The Morgan fingerprint density at radius 3 is 2.91 bits per heavy atom. The Labute approximate surface area is 137 Å². The van der Waals surface area contributed by atoms with Gasteiger partial charge in [-0.2, -0.15) is 0 Å². The Morgan fingerprint density at radius 2 is 2.09 bits per heavy atom. The van der Waals surface area contributed by atoms with Crippen molar-refractivity contribution in [2.75, 3.05) is 5.32 Å². The van der Waals surface area contributed by atoms with Crippen LogP contribution in [0.25, 0.3) is 11.5 Å². The van der Waals surface area contributed by atoms with Crippen molar-refractivity contribution in [3.8, 4) is 11.5 Å². The Bertz CT molecular complexity index is 817. The highest BCUT2D eigenvalue weighted by atomic mass is 32.1. The number of aryl methyl sites for hydroxylation is 2. The van der Waals surface area contributed by atoms with Crippen molar-refractivity contribution in [3.05, 3.63) is 52.9 Å². The van der Waals surface area contributed by atoms with Gasteiger partial charge in [0.15, 0.2) is 5.13 Å². The quantitative estimate of drug-likeness (QED) is 0.797. The summed E-state index contributed by atoms with van der Waals surface area (Å²) in [6.45, 7) is 0. The Morgan fingerprint density at radius 1 is 1.22 bits per heavy atom. The lowest BCUT2D eigenvalue weighted by molar-refractivity contribution is -0.115. The van der Waals surface area contributed by atoms with Crippen LogP contribution in [0.3, 0.4) is 0 Å². The fraction of sp³-hybridized carbons (Fsp3) is 0.235. The fourth-order valence-electron chi connectivity index (χ4n) is 2.67. The standard InChI is InChI=1S/C17H15N3O2S/c21-15(20-17-19-13-7-4-8-14(13)23-17)9-12-10-22-16(18-12)11-5-2-1-3-6-11/h1-3,5-6,10H,4,7-9H2,(H,19,20,21). The maximum absolute atomic E-state index is 12.1. The van der Waals surface area contributed by atoms with E-state index in [9.17, 15) is 4.79 Å². The molecular formula is C17H15N3O2S. The minimum atomic E-state index is -0.120. The number of carbonyl (C=O) groups is 1. The van der Waals surface area contributed by atoms with E-state index in [2.05, 4.69) is 15.3 Å². The Hall–Kier alpha value is -2.47. The molecule has 1 N–H and O–H groups in total. The lowest BCUT2D eigenvalue weighted by Crippen LogP contribution is -2.14. The first-order chi connectivity index (χ1) is 11.3. The van der Waals surface area contributed by atoms with E-state index in [1.807, 2.05) is 30.3 Å². The van der Waals surface area contributed by atoms with Gasteiger partial charge >= 0.3 is 0 Å². The normalized spacial score (nSPS) is 13.0. The van der Waals surface area contributed by atoms with Crippen molar-refractivity contribution in [1.29, 1.82) is 0 Å². The van der Waals surface area contributed by atoms with E-state index in [4.69, 9.17) is 4.42 Å². The molecule has 1 amide bonds. The largest absolute Gasteiger partial charge is 0.444 e. The number of benzene rings is 1.